The molecule has 1 aliphatic heterocycles. The van der Waals surface area contributed by atoms with E-state index in [0.29, 0.717) is 6.10 Å². The molecule has 19 heavy (non-hydrogen) atoms. The number of hydrogen-bond donors (Lipinski definition) is 1. The van der Waals surface area contributed by atoms with Gasteiger partial charge in [-0.2, -0.15) is 0 Å². The fourth-order valence-electron chi connectivity index (χ4n) is 2.33. The minimum absolute atomic E-state index is 0.421. The lowest BCUT2D eigenvalue weighted by molar-refractivity contribution is 0.0349. The van der Waals surface area contributed by atoms with Crippen molar-refractivity contribution in [2.45, 2.75) is 25.4 Å². The van der Waals surface area contributed by atoms with Crippen LogP contribution in [0.4, 0.5) is 0 Å². The minimum Gasteiger partial charge on any atom is -0.378 e. The van der Waals surface area contributed by atoms with Crippen LogP contribution in [0.2, 0.25) is 5.02 Å². The number of ether oxygens (including phenoxy) is 1. The standard InChI is InChI=1S/C14H17ClN2OS/c15-10-1-2-12-13(9-10)19-14(17-12)5-8-18-11-3-6-16-7-4-11/h1-2,9,11,16H,3-8H2. The highest BCUT2D eigenvalue weighted by molar-refractivity contribution is 7.18. The van der Waals surface area contributed by atoms with Crippen LogP contribution in [0.1, 0.15) is 17.8 Å². The molecule has 0 amide bonds. The van der Waals surface area contributed by atoms with Gasteiger partial charge >= 0.3 is 0 Å². The van der Waals surface area contributed by atoms with Gasteiger partial charge in [-0.15, -0.1) is 11.3 Å². The summed E-state index contributed by atoms with van der Waals surface area (Å²) in [7, 11) is 0. The van der Waals surface area contributed by atoms with Gasteiger partial charge in [-0.25, -0.2) is 4.98 Å². The Kier molecular flexibility index (Phi) is 4.33. The van der Waals surface area contributed by atoms with Crippen LogP contribution in [0.3, 0.4) is 0 Å². The number of fused-ring (bicyclic) bond motifs is 1. The fraction of sp³-hybridized carbons (Fsp3) is 0.500. The van der Waals surface area contributed by atoms with Crippen LogP contribution in [-0.2, 0) is 11.2 Å². The van der Waals surface area contributed by atoms with Gasteiger partial charge in [0.15, 0.2) is 0 Å². The summed E-state index contributed by atoms with van der Waals surface area (Å²) in [6.45, 7) is 2.91. The van der Waals surface area contributed by atoms with Crippen LogP contribution in [0.5, 0.6) is 0 Å². The van der Waals surface area contributed by atoms with Gasteiger partial charge in [0.25, 0.3) is 0 Å². The Balaban J connectivity index is 1.56. The fourth-order valence-corrected chi connectivity index (χ4v) is 3.55. The van der Waals surface area contributed by atoms with Crippen LogP contribution in [-0.4, -0.2) is 30.8 Å². The average molecular weight is 297 g/mol. The van der Waals surface area contributed by atoms with E-state index < -0.39 is 0 Å². The zero-order valence-corrected chi connectivity index (χ0v) is 12.3. The Bertz CT molecular complexity index is 551. The molecule has 0 spiro atoms. The zero-order valence-electron chi connectivity index (χ0n) is 10.7. The molecule has 0 atom stereocenters. The highest BCUT2D eigenvalue weighted by Gasteiger charge is 2.13. The maximum atomic E-state index is 5.98. The number of aromatic nitrogens is 1. The van der Waals surface area contributed by atoms with Crippen molar-refractivity contribution >= 4 is 33.2 Å². The third kappa shape index (κ3) is 3.45. The molecule has 5 heteroatoms. The Labute approximate surface area is 121 Å². The minimum atomic E-state index is 0.421. The number of benzene rings is 1. The first-order valence-electron chi connectivity index (χ1n) is 6.68. The monoisotopic (exact) mass is 296 g/mol. The SMILES string of the molecule is Clc1ccc2nc(CCOC3CCNCC3)sc2c1. The average Bonchev–Trinajstić information content (AvgIpc) is 2.82. The quantitative estimate of drug-likeness (QED) is 0.940. The van der Waals surface area contributed by atoms with Crippen LogP contribution in [0.25, 0.3) is 10.2 Å². The first kappa shape index (κ1) is 13.3. The van der Waals surface area contributed by atoms with E-state index in [9.17, 15) is 0 Å². The van der Waals surface area contributed by atoms with E-state index in [2.05, 4.69) is 10.3 Å². The summed E-state index contributed by atoms with van der Waals surface area (Å²) in [5.74, 6) is 0. The molecule has 1 N–H and O–H groups in total. The summed E-state index contributed by atoms with van der Waals surface area (Å²) in [6.07, 6.45) is 3.55. The zero-order chi connectivity index (χ0) is 13.1. The van der Waals surface area contributed by atoms with Crippen molar-refractivity contribution in [2.75, 3.05) is 19.7 Å². The molecule has 0 unspecified atom stereocenters. The van der Waals surface area contributed by atoms with Gasteiger partial charge in [-0.3, -0.25) is 0 Å². The van der Waals surface area contributed by atoms with E-state index in [1.54, 1.807) is 11.3 Å². The first-order valence-corrected chi connectivity index (χ1v) is 7.88. The Morgan fingerprint density at radius 1 is 1.37 bits per heavy atom. The third-order valence-corrected chi connectivity index (χ3v) is 4.66. The molecule has 3 rings (SSSR count). The van der Waals surface area contributed by atoms with Crippen LogP contribution in [0.15, 0.2) is 18.2 Å². The van der Waals surface area contributed by atoms with Gasteiger partial charge < -0.3 is 10.1 Å². The van der Waals surface area contributed by atoms with Crippen molar-refractivity contribution in [3.8, 4) is 0 Å². The molecule has 3 nitrogen and oxygen atoms in total. The van der Waals surface area contributed by atoms with Crippen LogP contribution >= 0.6 is 22.9 Å². The number of piperidine rings is 1. The molecule has 0 aliphatic carbocycles. The lowest BCUT2D eigenvalue weighted by Crippen LogP contribution is -2.32. The largest absolute Gasteiger partial charge is 0.378 e. The van der Waals surface area contributed by atoms with Crippen molar-refractivity contribution in [2.24, 2.45) is 0 Å². The molecule has 1 aromatic heterocycles. The Hall–Kier alpha value is -0.680. The lowest BCUT2D eigenvalue weighted by atomic mass is 10.1. The summed E-state index contributed by atoms with van der Waals surface area (Å²) >= 11 is 7.69. The summed E-state index contributed by atoms with van der Waals surface area (Å²) in [6, 6.07) is 5.84. The summed E-state index contributed by atoms with van der Waals surface area (Å²) in [5, 5.41) is 5.25. The van der Waals surface area contributed by atoms with Crippen molar-refractivity contribution in [3.63, 3.8) is 0 Å². The van der Waals surface area contributed by atoms with Gasteiger partial charge in [0.1, 0.15) is 0 Å². The number of nitrogens with one attached hydrogen (secondary N) is 1. The molecular formula is C14H17ClN2OS. The van der Waals surface area contributed by atoms with Crippen LogP contribution in [0, 0.1) is 0 Å². The lowest BCUT2D eigenvalue weighted by Gasteiger charge is -2.22. The molecule has 1 aliphatic rings. The molecule has 2 aromatic rings. The van der Waals surface area contributed by atoms with Gasteiger partial charge in [-0.05, 0) is 44.1 Å². The number of thiazole rings is 1. The first-order chi connectivity index (χ1) is 9.31. The summed E-state index contributed by atoms with van der Waals surface area (Å²) in [4.78, 5) is 4.60. The predicted octanol–water partition coefficient (Wildman–Crippen LogP) is 3.26. The van der Waals surface area contributed by atoms with Gasteiger partial charge in [-0.1, -0.05) is 11.6 Å². The van der Waals surface area contributed by atoms with Gasteiger partial charge in [0.2, 0.25) is 0 Å². The van der Waals surface area contributed by atoms with E-state index in [0.717, 1.165) is 59.2 Å². The number of halogens is 1. The van der Waals surface area contributed by atoms with E-state index in [1.807, 2.05) is 18.2 Å². The molecule has 102 valence electrons. The number of rotatable bonds is 4. The molecule has 1 aromatic carbocycles. The number of hydrogen-bond acceptors (Lipinski definition) is 4. The third-order valence-electron chi connectivity index (χ3n) is 3.35. The molecular weight excluding hydrogens is 280 g/mol. The normalized spacial score (nSPS) is 17.1. The molecule has 1 fully saturated rings. The van der Waals surface area contributed by atoms with Crippen molar-refractivity contribution < 1.29 is 4.74 Å². The Morgan fingerprint density at radius 2 is 2.21 bits per heavy atom. The van der Waals surface area contributed by atoms with E-state index in [-0.39, 0.29) is 0 Å². The van der Waals surface area contributed by atoms with Crippen molar-refractivity contribution in [1.82, 2.24) is 10.3 Å². The topological polar surface area (TPSA) is 34.1 Å². The smallest absolute Gasteiger partial charge is 0.0961 e. The van der Waals surface area contributed by atoms with E-state index in [4.69, 9.17) is 16.3 Å². The molecule has 0 radical (unpaired) electrons. The second-order valence-electron chi connectivity index (χ2n) is 4.79. The molecule has 0 bridgehead atoms. The Morgan fingerprint density at radius 3 is 3.05 bits per heavy atom. The predicted molar refractivity (Wildman–Crippen MR) is 80.2 cm³/mol. The summed E-state index contributed by atoms with van der Waals surface area (Å²) in [5.41, 5.74) is 1.03. The van der Waals surface area contributed by atoms with Gasteiger partial charge in [0.05, 0.1) is 27.9 Å². The molecule has 2 heterocycles. The second kappa shape index (κ2) is 6.18. The highest BCUT2D eigenvalue weighted by atomic mass is 35.5. The van der Waals surface area contributed by atoms with Crippen LogP contribution < -0.4 is 5.32 Å². The highest BCUT2D eigenvalue weighted by Crippen LogP contribution is 2.25. The second-order valence-corrected chi connectivity index (χ2v) is 6.34. The maximum absolute atomic E-state index is 5.98. The molecule has 1 saturated heterocycles. The summed E-state index contributed by atoms with van der Waals surface area (Å²) < 4.78 is 7.06. The van der Waals surface area contributed by atoms with Gasteiger partial charge in [0, 0.05) is 11.4 Å². The van der Waals surface area contributed by atoms with E-state index in [1.165, 1.54) is 0 Å². The van der Waals surface area contributed by atoms with Crippen molar-refractivity contribution in [1.29, 1.82) is 0 Å². The number of nitrogens with zero attached hydrogens (tertiary/aromatic N) is 1. The molecule has 0 saturated carbocycles. The maximum Gasteiger partial charge on any atom is 0.0961 e. The van der Waals surface area contributed by atoms with Crippen molar-refractivity contribution in [3.05, 3.63) is 28.2 Å². The van der Waals surface area contributed by atoms with E-state index >= 15 is 0 Å².